The molecule has 1 fully saturated rings. The van der Waals surface area contributed by atoms with Gasteiger partial charge < -0.3 is 5.32 Å². The number of hydrogen-bond donors (Lipinski definition) is 2. The lowest BCUT2D eigenvalue weighted by atomic mass is 9.98. The van der Waals surface area contributed by atoms with Gasteiger partial charge in [-0.05, 0) is 67.1 Å². The highest BCUT2D eigenvalue weighted by Crippen LogP contribution is 2.23. The summed E-state index contributed by atoms with van der Waals surface area (Å²) in [4.78, 5) is 0. The van der Waals surface area contributed by atoms with Gasteiger partial charge in [-0.15, -0.1) is 0 Å². The Morgan fingerprint density at radius 3 is 2.55 bits per heavy atom. The lowest BCUT2D eigenvalue weighted by Gasteiger charge is -2.31. The highest BCUT2D eigenvalue weighted by Gasteiger charge is 2.27. The summed E-state index contributed by atoms with van der Waals surface area (Å²) in [7, 11) is -1.51. The quantitative estimate of drug-likeness (QED) is 0.731. The number of nitrogens with one attached hydrogen (secondary N) is 2. The zero-order valence-corrected chi connectivity index (χ0v) is 14.4. The third-order valence-corrected chi connectivity index (χ3v) is 5.98. The molecule has 0 aliphatic carbocycles. The minimum atomic E-state index is -3.44. The molecule has 0 bridgehead atoms. The maximum atomic E-state index is 12.4. The van der Waals surface area contributed by atoms with Gasteiger partial charge in [-0.3, -0.25) is 4.72 Å². The van der Waals surface area contributed by atoms with Crippen molar-refractivity contribution in [2.24, 2.45) is 5.92 Å². The van der Waals surface area contributed by atoms with Crippen molar-refractivity contribution >= 4 is 38.5 Å². The van der Waals surface area contributed by atoms with Gasteiger partial charge >= 0.3 is 10.2 Å². The molecule has 112 valence electrons. The Labute approximate surface area is 134 Å². The van der Waals surface area contributed by atoms with Gasteiger partial charge in [-0.1, -0.05) is 12.1 Å². The Hall–Kier alpha value is -0.380. The molecule has 7 heteroatoms. The van der Waals surface area contributed by atoms with Gasteiger partial charge in [0, 0.05) is 16.7 Å². The smallest absolute Gasteiger partial charge is 0.301 e. The van der Waals surface area contributed by atoms with E-state index in [1.165, 1.54) is 0 Å². The maximum Gasteiger partial charge on any atom is 0.301 e. The first kappa shape index (κ1) is 16.0. The highest BCUT2D eigenvalue weighted by molar-refractivity contribution is 14.1. The molecule has 0 spiro atoms. The first-order valence-electron chi connectivity index (χ1n) is 6.70. The van der Waals surface area contributed by atoms with E-state index < -0.39 is 10.2 Å². The lowest BCUT2D eigenvalue weighted by Crippen LogP contribution is -2.43. The van der Waals surface area contributed by atoms with Gasteiger partial charge in [-0.25, -0.2) is 0 Å². The summed E-state index contributed by atoms with van der Waals surface area (Å²) in [5, 5.41) is 3.15. The molecule has 0 aromatic heterocycles. The zero-order valence-electron chi connectivity index (χ0n) is 11.5. The van der Waals surface area contributed by atoms with Crippen LogP contribution in [-0.4, -0.2) is 39.4 Å². The summed E-state index contributed by atoms with van der Waals surface area (Å²) in [5.74, 6) is 0.573. The fourth-order valence-corrected chi connectivity index (χ4v) is 4.37. The van der Waals surface area contributed by atoms with E-state index in [1.807, 2.05) is 25.2 Å². The van der Waals surface area contributed by atoms with Crippen LogP contribution in [0.4, 0.5) is 5.69 Å². The molecule has 5 nitrogen and oxygen atoms in total. The molecule has 1 aliphatic heterocycles. The minimum absolute atomic E-state index is 0.573. The summed E-state index contributed by atoms with van der Waals surface area (Å²) >= 11 is 2.13. The number of piperidine rings is 1. The van der Waals surface area contributed by atoms with Crippen LogP contribution in [0.25, 0.3) is 0 Å². The van der Waals surface area contributed by atoms with E-state index in [1.54, 1.807) is 10.4 Å². The molecule has 0 radical (unpaired) electrons. The number of benzene rings is 1. The van der Waals surface area contributed by atoms with Crippen molar-refractivity contribution in [3.05, 3.63) is 27.8 Å². The van der Waals surface area contributed by atoms with Crippen LogP contribution >= 0.6 is 22.6 Å². The average Bonchev–Trinajstić information content (AvgIpc) is 2.42. The number of nitrogens with zero attached hydrogens (tertiary/aromatic N) is 1. The van der Waals surface area contributed by atoms with E-state index in [9.17, 15) is 8.42 Å². The van der Waals surface area contributed by atoms with Crippen LogP contribution in [0.5, 0.6) is 0 Å². The van der Waals surface area contributed by atoms with Crippen molar-refractivity contribution in [3.63, 3.8) is 0 Å². The second-order valence-electron chi connectivity index (χ2n) is 4.99. The third-order valence-electron chi connectivity index (χ3n) is 3.52. The SMILES string of the molecule is CNCC1CCN(S(=O)(=O)Nc2ccccc2I)CC1. The molecule has 1 aromatic rings. The maximum absolute atomic E-state index is 12.4. The summed E-state index contributed by atoms with van der Waals surface area (Å²) in [5.41, 5.74) is 0.644. The fraction of sp³-hybridized carbons (Fsp3) is 0.538. The van der Waals surface area contributed by atoms with Crippen LogP contribution in [0.1, 0.15) is 12.8 Å². The predicted molar refractivity (Wildman–Crippen MR) is 89.9 cm³/mol. The molecular formula is C13H20IN3O2S. The van der Waals surface area contributed by atoms with Crippen LogP contribution in [0.2, 0.25) is 0 Å². The van der Waals surface area contributed by atoms with Crippen LogP contribution < -0.4 is 10.0 Å². The van der Waals surface area contributed by atoms with Gasteiger partial charge in [0.15, 0.2) is 0 Å². The van der Waals surface area contributed by atoms with E-state index in [0.717, 1.165) is 23.0 Å². The van der Waals surface area contributed by atoms with E-state index in [2.05, 4.69) is 32.6 Å². The van der Waals surface area contributed by atoms with Crippen LogP contribution in [0, 0.1) is 9.49 Å². The first-order chi connectivity index (χ1) is 9.53. The number of para-hydroxylation sites is 1. The average molecular weight is 409 g/mol. The molecule has 0 atom stereocenters. The molecule has 1 aliphatic rings. The van der Waals surface area contributed by atoms with Gasteiger partial charge in [-0.2, -0.15) is 12.7 Å². The summed E-state index contributed by atoms with van der Waals surface area (Å²) < 4.78 is 29.9. The van der Waals surface area contributed by atoms with Gasteiger partial charge in [0.1, 0.15) is 0 Å². The van der Waals surface area contributed by atoms with Gasteiger partial charge in [0.25, 0.3) is 0 Å². The van der Waals surface area contributed by atoms with Crippen LogP contribution in [-0.2, 0) is 10.2 Å². The Bertz CT molecular complexity index is 542. The monoisotopic (exact) mass is 409 g/mol. The van der Waals surface area contributed by atoms with Crippen molar-refractivity contribution in [1.29, 1.82) is 0 Å². The number of anilines is 1. The Morgan fingerprint density at radius 2 is 1.95 bits per heavy atom. The molecule has 2 N–H and O–H groups in total. The first-order valence-corrected chi connectivity index (χ1v) is 9.22. The molecule has 1 saturated heterocycles. The second kappa shape index (κ2) is 7.06. The van der Waals surface area contributed by atoms with Gasteiger partial charge in [0.2, 0.25) is 0 Å². The van der Waals surface area contributed by atoms with Crippen molar-refractivity contribution < 1.29 is 8.42 Å². The summed E-state index contributed by atoms with van der Waals surface area (Å²) in [6.45, 7) is 2.13. The van der Waals surface area contributed by atoms with Crippen molar-refractivity contribution in [3.8, 4) is 0 Å². The Kier molecular flexibility index (Phi) is 5.65. The second-order valence-corrected chi connectivity index (χ2v) is 7.82. The largest absolute Gasteiger partial charge is 0.319 e. The topological polar surface area (TPSA) is 61.4 Å². The minimum Gasteiger partial charge on any atom is -0.319 e. The lowest BCUT2D eigenvalue weighted by molar-refractivity contribution is 0.272. The number of halogens is 1. The zero-order chi connectivity index (χ0) is 14.6. The highest BCUT2D eigenvalue weighted by atomic mass is 127. The third kappa shape index (κ3) is 4.06. The fourth-order valence-electron chi connectivity index (χ4n) is 2.39. The molecule has 0 unspecified atom stereocenters. The number of rotatable bonds is 5. The molecule has 0 amide bonds. The van der Waals surface area contributed by atoms with E-state index in [0.29, 0.717) is 24.7 Å². The van der Waals surface area contributed by atoms with E-state index in [4.69, 9.17) is 0 Å². The van der Waals surface area contributed by atoms with Crippen LogP contribution in [0.3, 0.4) is 0 Å². The predicted octanol–water partition coefficient (Wildman–Crippen LogP) is 1.88. The van der Waals surface area contributed by atoms with Crippen molar-refractivity contribution in [2.45, 2.75) is 12.8 Å². The van der Waals surface area contributed by atoms with Crippen molar-refractivity contribution in [2.75, 3.05) is 31.4 Å². The van der Waals surface area contributed by atoms with Crippen LogP contribution in [0.15, 0.2) is 24.3 Å². The molecule has 1 heterocycles. The number of hydrogen-bond acceptors (Lipinski definition) is 3. The Morgan fingerprint density at radius 1 is 1.30 bits per heavy atom. The van der Waals surface area contributed by atoms with E-state index in [-0.39, 0.29) is 0 Å². The molecule has 2 rings (SSSR count). The van der Waals surface area contributed by atoms with Gasteiger partial charge in [0.05, 0.1) is 5.69 Å². The Balaban J connectivity index is 2.00. The standard InChI is InChI=1S/C13H20IN3O2S/c1-15-10-11-6-8-17(9-7-11)20(18,19)16-13-5-3-2-4-12(13)14/h2-5,11,15-16H,6-10H2,1H3. The molecular weight excluding hydrogens is 389 g/mol. The normalized spacial score (nSPS) is 18.1. The summed E-state index contributed by atoms with van der Waals surface area (Å²) in [6, 6.07) is 7.40. The van der Waals surface area contributed by atoms with E-state index >= 15 is 0 Å². The van der Waals surface area contributed by atoms with Crippen molar-refractivity contribution in [1.82, 2.24) is 9.62 Å². The molecule has 1 aromatic carbocycles. The molecule has 20 heavy (non-hydrogen) atoms. The molecule has 0 saturated carbocycles. The summed E-state index contributed by atoms with van der Waals surface area (Å²) in [6.07, 6.45) is 1.82.